The van der Waals surface area contributed by atoms with Crippen molar-refractivity contribution in [2.75, 3.05) is 84.4 Å². The topological polar surface area (TPSA) is 153 Å². The number of ether oxygens (including phenoxy) is 2. The second-order valence-corrected chi connectivity index (χ2v) is 12.8. The molecule has 0 spiro atoms. The number of carbonyl (C=O) groups excluding carboxylic acids is 3. The lowest BCUT2D eigenvalue weighted by molar-refractivity contribution is -0.134. The first-order chi connectivity index (χ1) is 22.1. The van der Waals surface area contributed by atoms with Gasteiger partial charge in [0.05, 0.1) is 32.6 Å². The first-order valence-corrected chi connectivity index (χ1v) is 17.4. The van der Waals surface area contributed by atoms with Crippen LogP contribution in [0.25, 0.3) is 11.4 Å². The molecule has 14 nitrogen and oxygen atoms in total. The van der Waals surface area contributed by atoms with E-state index in [1.54, 1.807) is 25.9 Å². The Morgan fingerprint density at radius 3 is 2.24 bits per heavy atom. The van der Waals surface area contributed by atoms with E-state index in [0.29, 0.717) is 37.0 Å². The molecule has 2 aromatic rings. The van der Waals surface area contributed by atoms with E-state index < -0.39 is 31.5 Å². The van der Waals surface area contributed by atoms with Crippen molar-refractivity contribution < 1.29 is 37.5 Å². The summed E-state index contributed by atoms with van der Waals surface area (Å²) in [5, 5.41) is 2.76. The molecule has 254 valence electrons. The fourth-order valence-electron chi connectivity index (χ4n) is 4.71. The Morgan fingerprint density at radius 1 is 0.978 bits per heavy atom. The van der Waals surface area contributed by atoms with E-state index in [1.807, 2.05) is 49.2 Å². The predicted molar refractivity (Wildman–Crippen MR) is 174 cm³/mol. The Morgan fingerprint density at radius 2 is 1.63 bits per heavy atom. The van der Waals surface area contributed by atoms with Gasteiger partial charge in [0, 0.05) is 58.5 Å². The number of rotatable bonds is 17. The number of hydrogen-bond acceptors (Lipinski definition) is 11. The maximum atomic E-state index is 13.9. The number of aromatic nitrogens is 2. The van der Waals surface area contributed by atoms with E-state index in [9.17, 15) is 18.9 Å². The number of amides is 3. The number of likely N-dealkylation sites (N-methyl/N-ethyl adjacent to an activating group) is 1. The molecule has 0 bridgehead atoms. The lowest BCUT2D eigenvalue weighted by Crippen LogP contribution is -2.57. The minimum absolute atomic E-state index is 0.0215. The van der Waals surface area contributed by atoms with Crippen LogP contribution in [0.2, 0.25) is 0 Å². The van der Waals surface area contributed by atoms with Gasteiger partial charge in [0.2, 0.25) is 5.91 Å². The van der Waals surface area contributed by atoms with Crippen LogP contribution in [0.5, 0.6) is 0 Å². The zero-order valence-electron chi connectivity index (χ0n) is 27.5. The maximum absolute atomic E-state index is 13.9. The number of nitrogens with one attached hydrogen (secondary N) is 1. The van der Waals surface area contributed by atoms with E-state index in [2.05, 4.69) is 15.3 Å². The number of carbonyl (C=O) groups is 3. The fourth-order valence-corrected chi connectivity index (χ4v) is 6.47. The molecule has 15 heteroatoms. The molecule has 0 saturated carbocycles. The molecule has 1 aromatic carbocycles. The average molecular weight is 663 g/mol. The van der Waals surface area contributed by atoms with Gasteiger partial charge in [-0.05, 0) is 20.3 Å². The number of benzene rings is 1. The number of piperazine rings is 1. The Hall–Kier alpha value is -3.58. The van der Waals surface area contributed by atoms with Crippen LogP contribution in [0, 0.1) is 0 Å². The van der Waals surface area contributed by atoms with Crippen LogP contribution in [-0.4, -0.2) is 123 Å². The molecule has 3 rings (SSSR count). The van der Waals surface area contributed by atoms with Crippen molar-refractivity contribution in [3.05, 3.63) is 42.1 Å². The highest BCUT2D eigenvalue weighted by atomic mass is 31.2. The molecule has 0 aliphatic carbocycles. The van der Waals surface area contributed by atoms with Gasteiger partial charge < -0.3 is 38.5 Å². The molecule has 1 saturated heterocycles. The number of anilines is 1. The standard InChI is InChI=1S/C31H47N6O8P/c1-6-9-20-43-31(40)37-17-15-36(16-18-37)30(39)26(23-46(41,44-7-2)45-8-3)33-29(38)25-22-27(35(4)19-21-42-5)34-28(32-25)24-13-11-10-12-14-24/h10-14,22,26H,6-9,15-21,23H2,1-5H3,(H,33,38)/t26-/m0/s1. The maximum Gasteiger partial charge on any atom is 0.409 e. The Bertz CT molecular complexity index is 1320. The third kappa shape index (κ3) is 10.8. The first kappa shape index (κ1) is 36.9. The minimum Gasteiger partial charge on any atom is -0.449 e. The van der Waals surface area contributed by atoms with Gasteiger partial charge in [-0.3, -0.25) is 14.2 Å². The summed E-state index contributed by atoms with van der Waals surface area (Å²) < 4.78 is 35.1. The van der Waals surface area contributed by atoms with Gasteiger partial charge in [0.15, 0.2) is 5.82 Å². The molecule has 1 aliphatic rings. The largest absolute Gasteiger partial charge is 0.449 e. The van der Waals surface area contributed by atoms with Gasteiger partial charge in [-0.15, -0.1) is 0 Å². The summed E-state index contributed by atoms with van der Waals surface area (Å²) in [5.41, 5.74) is 0.725. The Kier molecular flexibility index (Phi) is 14.9. The quantitative estimate of drug-likeness (QED) is 0.195. The summed E-state index contributed by atoms with van der Waals surface area (Å²) in [5.74, 6) is -0.319. The summed E-state index contributed by atoms with van der Waals surface area (Å²) in [7, 11) is -0.347. The fraction of sp³-hybridized carbons (Fsp3) is 0.581. The SMILES string of the molecule is CCCCOC(=O)N1CCN(C(=O)[C@H](CP(=O)(OCC)OCC)NC(=O)c2cc(N(C)CCOC)nc(-c3ccccc3)n2)CC1. The molecule has 1 atom stereocenters. The second kappa shape index (κ2) is 18.5. The van der Waals surface area contributed by atoms with Gasteiger partial charge in [-0.1, -0.05) is 43.7 Å². The van der Waals surface area contributed by atoms with Crippen LogP contribution < -0.4 is 10.2 Å². The normalized spacial score (nSPS) is 14.1. The Balaban J connectivity index is 1.88. The summed E-state index contributed by atoms with van der Waals surface area (Å²) in [4.78, 5) is 54.3. The summed E-state index contributed by atoms with van der Waals surface area (Å²) in [6.45, 7) is 7.77. The molecule has 1 N–H and O–H groups in total. The van der Waals surface area contributed by atoms with Gasteiger partial charge >= 0.3 is 13.7 Å². The molecule has 2 heterocycles. The summed E-state index contributed by atoms with van der Waals surface area (Å²) in [6, 6.07) is 9.50. The van der Waals surface area contributed by atoms with Crippen LogP contribution in [0.3, 0.4) is 0 Å². The summed E-state index contributed by atoms with van der Waals surface area (Å²) in [6.07, 6.45) is 0.877. The monoisotopic (exact) mass is 662 g/mol. The van der Waals surface area contributed by atoms with Gasteiger partial charge in [-0.25, -0.2) is 14.8 Å². The third-order valence-electron chi connectivity index (χ3n) is 7.23. The number of hydrogen-bond donors (Lipinski definition) is 1. The van der Waals surface area contributed by atoms with Crippen molar-refractivity contribution >= 4 is 31.3 Å². The van der Waals surface area contributed by atoms with Crippen molar-refractivity contribution in [3.63, 3.8) is 0 Å². The van der Waals surface area contributed by atoms with Gasteiger partial charge in [-0.2, -0.15) is 0 Å². The molecule has 0 unspecified atom stereocenters. The van der Waals surface area contributed by atoms with E-state index >= 15 is 0 Å². The smallest absolute Gasteiger partial charge is 0.409 e. The average Bonchev–Trinajstić information content (AvgIpc) is 3.07. The van der Waals surface area contributed by atoms with Crippen molar-refractivity contribution in [3.8, 4) is 11.4 Å². The van der Waals surface area contributed by atoms with Crippen LogP contribution in [0.15, 0.2) is 36.4 Å². The van der Waals surface area contributed by atoms with Crippen LogP contribution in [0.4, 0.5) is 10.6 Å². The van der Waals surface area contributed by atoms with Crippen molar-refractivity contribution in [2.45, 2.75) is 39.7 Å². The van der Waals surface area contributed by atoms with Gasteiger partial charge in [0.25, 0.3) is 5.91 Å². The highest BCUT2D eigenvalue weighted by Gasteiger charge is 2.37. The molecule has 1 aromatic heterocycles. The Labute approximate surface area is 271 Å². The highest BCUT2D eigenvalue weighted by Crippen LogP contribution is 2.48. The molecule has 1 aliphatic heterocycles. The molecular weight excluding hydrogens is 615 g/mol. The van der Waals surface area contributed by atoms with Crippen LogP contribution >= 0.6 is 7.60 Å². The molecule has 0 radical (unpaired) electrons. The lowest BCUT2D eigenvalue weighted by atomic mass is 10.2. The van der Waals surface area contributed by atoms with Gasteiger partial charge in [0.1, 0.15) is 17.6 Å². The number of unbranched alkanes of at least 4 members (excludes halogenated alkanes) is 1. The minimum atomic E-state index is -3.77. The third-order valence-corrected chi connectivity index (χ3v) is 9.35. The first-order valence-electron chi connectivity index (χ1n) is 15.7. The van der Waals surface area contributed by atoms with E-state index in [0.717, 1.165) is 12.8 Å². The predicted octanol–water partition coefficient (Wildman–Crippen LogP) is 3.67. The molecule has 3 amide bonds. The molecule has 46 heavy (non-hydrogen) atoms. The second-order valence-electron chi connectivity index (χ2n) is 10.7. The van der Waals surface area contributed by atoms with Crippen molar-refractivity contribution in [2.24, 2.45) is 0 Å². The zero-order chi connectivity index (χ0) is 33.5. The zero-order valence-corrected chi connectivity index (χ0v) is 28.4. The number of nitrogens with zero attached hydrogens (tertiary/aromatic N) is 5. The molecule has 1 fully saturated rings. The summed E-state index contributed by atoms with van der Waals surface area (Å²) >= 11 is 0. The van der Waals surface area contributed by atoms with Crippen LogP contribution in [0.1, 0.15) is 44.1 Å². The lowest BCUT2D eigenvalue weighted by Gasteiger charge is -2.36. The van der Waals surface area contributed by atoms with Crippen molar-refractivity contribution in [1.29, 1.82) is 0 Å². The van der Waals surface area contributed by atoms with Crippen molar-refractivity contribution in [1.82, 2.24) is 25.1 Å². The van der Waals surface area contributed by atoms with Crippen LogP contribution in [-0.2, 0) is 27.9 Å². The van der Waals surface area contributed by atoms with E-state index in [4.69, 9.17) is 18.5 Å². The highest BCUT2D eigenvalue weighted by molar-refractivity contribution is 7.54. The number of methoxy groups -OCH3 is 1. The molecular formula is C31H47N6O8P. The van der Waals surface area contributed by atoms with E-state index in [-0.39, 0.29) is 51.2 Å². The van der Waals surface area contributed by atoms with E-state index in [1.165, 1.54) is 11.0 Å².